The summed E-state index contributed by atoms with van der Waals surface area (Å²) in [6.45, 7) is 3.47. The van der Waals surface area contributed by atoms with Gasteiger partial charge in [0.15, 0.2) is 0 Å². The van der Waals surface area contributed by atoms with Crippen molar-refractivity contribution in [3.63, 3.8) is 0 Å². The van der Waals surface area contributed by atoms with Gasteiger partial charge in [0.2, 0.25) is 0 Å². The number of carbonyl (C=O) groups is 2. The van der Waals surface area contributed by atoms with Gasteiger partial charge in [-0.2, -0.15) is 0 Å². The number of hydrogen-bond acceptors (Lipinski definition) is 5. The minimum absolute atomic E-state index is 0.00444. The molecular formula is C16H20O5. The van der Waals surface area contributed by atoms with Gasteiger partial charge < -0.3 is 14.2 Å². The van der Waals surface area contributed by atoms with Crippen molar-refractivity contribution in [1.82, 2.24) is 0 Å². The van der Waals surface area contributed by atoms with Crippen molar-refractivity contribution in [2.45, 2.75) is 51.1 Å². The second-order valence-electron chi connectivity index (χ2n) is 5.91. The second-order valence-corrected chi connectivity index (χ2v) is 5.91. The standard InChI is InChI=1S/C16H20O5/c1-9-11-5-3-4-6-12(20-11)15(9)16-13(19-10(2)17)7-8-14(18)21-16/h3-6,9,11-13,15-16H,7-8H2,1-2H3/t9-,11-,12+,13+,15-,16-/m1/s1. The van der Waals surface area contributed by atoms with Crippen LogP contribution < -0.4 is 0 Å². The number of allylic oxidation sites excluding steroid dienone is 2. The van der Waals surface area contributed by atoms with Gasteiger partial charge in [0.1, 0.15) is 12.2 Å². The molecule has 3 rings (SSSR count). The summed E-state index contributed by atoms with van der Waals surface area (Å²) in [5.41, 5.74) is 0. The van der Waals surface area contributed by atoms with Crippen LogP contribution in [-0.2, 0) is 23.8 Å². The van der Waals surface area contributed by atoms with Gasteiger partial charge in [0.25, 0.3) is 0 Å². The summed E-state index contributed by atoms with van der Waals surface area (Å²) >= 11 is 0. The predicted octanol–water partition coefficient (Wildman–Crippen LogP) is 1.77. The van der Waals surface area contributed by atoms with Crippen molar-refractivity contribution in [2.24, 2.45) is 11.8 Å². The van der Waals surface area contributed by atoms with Gasteiger partial charge >= 0.3 is 11.9 Å². The largest absolute Gasteiger partial charge is 0.459 e. The molecule has 0 spiro atoms. The zero-order valence-electron chi connectivity index (χ0n) is 12.2. The highest BCUT2D eigenvalue weighted by molar-refractivity contribution is 5.71. The summed E-state index contributed by atoms with van der Waals surface area (Å²) in [6, 6.07) is 0. The average molecular weight is 292 g/mol. The number of carbonyl (C=O) groups excluding carboxylic acids is 2. The third-order valence-corrected chi connectivity index (χ3v) is 4.50. The first-order chi connectivity index (χ1) is 10.1. The molecular weight excluding hydrogens is 272 g/mol. The van der Waals surface area contributed by atoms with Crippen molar-refractivity contribution < 1.29 is 23.8 Å². The molecule has 6 atom stereocenters. The lowest BCUT2D eigenvalue weighted by Crippen LogP contribution is -2.48. The first kappa shape index (κ1) is 14.3. The predicted molar refractivity (Wildman–Crippen MR) is 74.3 cm³/mol. The van der Waals surface area contributed by atoms with E-state index in [9.17, 15) is 9.59 Å². The van der Waals surface area contributed by atoms with Crippen molar-refractivity contribution in [1.29, 1.82) is 0 Å². The van der Waals surface area contributed by atoms with E-state index < -0.39 is 6.10 Å². The van der Waals surface area contributed by atoms with Crippen LogP contribution >= 0.6 is 0 Å². The molecule has 114 valence electrons. The van der Waals surface area contributed by atoms with Gasteiger partial charge in [-0.3, -0.25) is 9.59 Å². The molecule has 0 aromatic carbocycles. The Morgan fingerprint density at radius 3 is 2.71 bits per heavy atom. The Hall–Kier alpha value is -1.62. The number of hydrogen-bond donors (Lipinski definition) is 0. The van der Waals surface area contributed by atoms with Crippen molar-refractivity contribution in [2.75, 3.05) is 0 Å². The summed E-state index contributed by atoms with van der Waals surface area (Å²) in [6.07, 6.45) is 7.82. The van der Waals surface area contributed by atoms with E-state index in [0.29, 0.717) is 12.8 Å². The summed E-state index contributed by atoms with van der Waals surface area (Å²) < 4.78 is 16.9. The number of fused-ring (bicyclic) bond motifs is 2. The lowest BCUT2D eigenvalue weighted by molar-refractivity contribution is -0.183. The first-order valence-electron chi connectivity index (χ1n) is 7.43. The number of esters is 2. The van der Waals surface area contributed by atoms with Gasteiger partial charge in [-0.25, -0.2) is 0 Å². The molecule has 0 amide bonds. The highest BCUT2D eigenvalue weighted by atomic mass is 16.6. The van der Waals surface area contributed by atoms with E-state index >= 15 is 0 Å². The average Bonchev–Trinajstić information content (AvgIpc) is 2.61. The molecule has 0 saturated carbocycles. The molecule has 21 heavy (non-hydrogen) atoms. The van der Waals surface area contributed by atoms with E-state index in [2.05, 4.69) is 6.92 Å². The Morgan fingerprint density at radius 1 is 1.29 bits per heavy atom. The summed E-state index contributed by atoms with van der Waals surface area (Å²) in [4.78, 5) is 23.0. The highest BCUT2D eigenvalue weighted by Gasteiger charge is 2.50. The molecule has 3 aliphatic heterocycles. The Labute approximate surface area is 123 Å². The summed E-state index contributed by atoms with van der Waals surface area (Å²) in [5, 5.41) is 0. The Balaban J connectivity index is 1.84. The van der Waals surface area contributed by atoms with Crippen LogP contribution in [0.1, 0.15) is 26.7 Å². The first-order valence-corrected chi connectivity index (χ1v) is 7.43. The lowest BCUT2D eigenvalue weighted by atomic mass is 9.79. The normalized spacial score (nSPS) is 41.5. The highest BCUT2D eigenvalue weighted by Crippen LogP contribution is 2.41. The van der Waals surface area contributed by atoms with Crippen LogP contribution in [0.4, 0.5) is 0 Å². The maximum Gasteiger partial charge on any atom is 0.306 e. The Kier molecular flexibility index (Phi) is 3.85. The quantitative estimate of drug-likeness (QED) is 0.726. The van der Waals surface area contributed by atoms with Crippen molar-refractivity contribution >= 4 is 11.9 Å². The molecule has 3 aliphatic rings. The summed E-state index contributed by atoms with van der Waals surface area (Å²) in [5.74, 6) is -0.366. The number of ether oxygens (including phenoxy) is 3. The monoisotopic (exact) mass is 292 g/mol. The van der Waals surface area contributed by atoms with Gasteiger partial charge in [0.05, 0.1) is 12.2 Å². The molecule has 0 unspecified atom stereocenters. The number of cyclic esters (lactones) is 1. The van der Waals surface area contributed by atoms with Gasteiger partial charge in [-0.15, -0.1) is 0 Å². The second kappa shape index (κ2) is 5.64. The van der Waals surface area contributed by atoms with E-state index in [1.54, 1.807) is 0 Å². The molecule has 2 bridgehead atoms. The van der Waals surface area contributed by atoms with E-state index in [1.807, 2.05) is 24.3 Å². The van der Waals surface area contributed by atoms with Gasteiger partial charge in [-0.05, 0) is 12.3 Å². The fourth-order valence-corrected chi connectivity index (χ4v) is 3.52. The van der Waals surface area contributed by atoms with Gasteiger partial charge in [0, 0.05) is 19.3 Å². The van der Waals surface area contributed by atoms with Crippen LogP contribution in [0.15, 0.2) is 24.3 Å². The lowest BCUT2D eigenvalue weighted by Gasteiger charge is -2.37. The molecule has 0 aromatic heterocycles. The molecule has 0 aromatic rings. The number of rotatable bonds is 2. The molecule has 5 nitrogen and oxygen atoms in total. The Bertz CT molecular complexity index is 495. The molecule has 0 radical (unpaired) electrons. The molecule has 0 N–H and O–H groups in total. The molecule has 5 heteroatoms. The van der Waals surface area contributed by atoms with Crippen LogP contribution in [0.25, 0.3) is 0 Å². The molecule has 0 aliphatic carbocycles. The minimum atomic E-state index is -0.434. The van der Waals surface area contributed by atoms with E-state index in [1.165, 1.54) is 6.92 Å². The van der Waals surface area contributed by atoms with Crippen LogP contribution in [0.2, 0.25) is 0 Å². The maximum absolute atomic E-state index is 11.7. The van der Waals surface area contributed by atoms with E-state index in [-0.39, 0.29) is 42.1 Å². The fraction of sp³-hybridized carbons (Fsp3) is 0.625. The van der Waals surface area contributed by atoms with E-state index in [0.717, 1.165) is 0 Å². The Morgan fingerprint density at radius 2 is 2.00 bits per heavy atom. The van der Waals surface area contributed by atoms with Crippen LogP contribution in [0.5, 0.6) is 0 Å². The smallest absolute Gasteiger partial charge is 0.306 e. The molecule has 2 saturated heterocycles. The fourth-order valence-electron chi connectivity index (χ4n) is 3.52. The molecule has 3 heterocycles. The maximum atomic E-state index is 11.7. The van der Waals surface area contributed by atoms with Crippen LogP contribution in [0.3, 0.4) is 0 Å². The zero-order valence-corrected chi connectivity index (χ0v) is 12.2. The topological polar surface area (TPSA) is 61.8 Å². The van der Waals surface area contributed by atoms with Crippen molar-refractivity contribution in [3.05, 3.63) is 24.3 Å². The van der Waals surface area contributed by atoms with Crippen molar-refractivity contribution in [3.8, 4) is 0 Å². The van der Waals surface area contributed by atoms with Gasteiger partial charge in [-0.1, -0.05) is 31.2 Å². The zero-order chi connectivity index (χ0) is 15.0. The third kappa shape index (κ3) is 2.75. The third-order valence-electron chi connectivity index (χ3n) is 4.50. The van der Waals surface area contributed by atoms with Crippen LogP contribution in [0, 0.1) is 11.8 Å². The minimum Gasteiger partial charge on any atom is -0.459 e. The summed E-state index contributed by atoms with van der Waals surface area (Å²) in [7, 11) is 0. The van der Waals surface area contributed by atoms with E-state index in [4.69, 9.17) is 14.2 Å². The van der Waals surface area contributed by atoms with Crippen LogP contribution in [-0.4, -0.2) is 36.4 Å². The molecule has 2 fully saturated rings. The SMILES string of the molecule is CC(=O)O[C@H]1CCC(=O)O[C@H]1[C@@H]1[C@H](C)[C@H]2C=CC=C[C@@H]1O2.